The molecule has 3 N–H and O–H groups in total. The Bertz CT molecular complexity index is 504. The van der Waals surface area contributed by atoms with E-state index in [9.17, 15) is 9.59 Å². The molecule has 0 aliphatic heterocycles. The van der Waals surface area contributed by atoms with Crippen molar-refractivity contribution in [3.63, 3.8) is 0 Å². The van der Waals surface area contributed by atoms with Crippen LogP contribution in [0.3, 0.4) is 0 Å². The molecule has 1 fully saturated rings. The summed E-state index contributed by atoms with van der Waals surface area (Å²) < 4.78 is 5.05. The first-order valence-corrected chi connectivity index (χ1v) is 6.60. The smallest absolute Gasteiger partial charge is 0.341 e. The first kappa shape index (κ1) is 14.2. The highest BCUT2D eigenvalue weighted by Gasteiger charge is 2.36. The molecule has 6 heteroatoms. The first-order valence-electron chi connectivity index (χ1n) is 6.60. The molecule has 2 unspecified atom stereocenters. The van der Waals surface area contributed by atoms with Crippen LogP contribution >= 0.6 is 0 Å². The number of carboxylic acids is 1. The minimum atomic E-state index is -1.04. The standard InChI is InChI=1S/C14H18N2O4/c1-2-9-6-12(9)16-14(19)15-10-4-3-5-11(7-10)20-8-13(17)18/h3-5,7,9,12H,2,6,8H2,1H3,(H,17,18)(H2,15,16,19). The third kappa shape index (κ3) is 4.15. The second kappa shape index (κ2) is 6.27. The van der Waals surface area contributed by atoms with E-state index in [0.717, 1.165) is 12.8 Å². The number of carbonyl (C=O) groups excluding carboxylic acids is 1. The van der Waals surface area contributed by atoms with Crippen molar-refractivity contribution in [3.8, 4) is 5.75 Å². The summed E-state index contributed by atoms with van der Waals surface area (Å²) in [6.07, 6.45) is 2.11. The van der Waals surface area contributed by atoms with E-state index < -0.39 is 12.6 Å². The Balaban J connectivity index is 1.84. The van der Waals surface area contributed by atoms with E-state index in [0.29, 0.717) is 17.4 Å². The molecule has 2 atom stereocenters. The fourth-order valence-electron chi connectivity index (χ4n) is 2.02. The van der Waals surface area contributed by atoms with Gasteiger partial charge in [-0.1, -0.05) is 19.4 Å². The van der Waals surface area contributed by atoms with Crippen molar-refractivity contribution in [2.75, 3.05) is 11.9 Å². The summed E-state index contributed by atoms with van der Waals surface area (Å²) in [5.74, 6) is -0.0468. The second-order valence-electron chi connectivity index (χ2n) is 4.82. The van der Waals surface area contributed by atoms with Crippen LogP contribution in [-0.4, -0.2) is 29.8 Å². The molecule has 1 aliphatic carbocycles. The van der Waals surface area contributed by atoms with Crippen molar-refractivity contribution in [1.82, 2.24) is 5.32 Å². The van der Waals surface area contributed by atoms with Crippen LogP contribution in [0.5, 0.6) is 5.75 Å². The SMILES string of the molecule is CCC1CC1NC(=O)Nc1cccc(OCC(=O)O)c1. The van der Waals surface area contributed by atoms with Crippen molar-refractivity contribution in [3.05, 3.63) is 24.3 Å². The van der Waals surface area contributed by atoms with Crippen LogP contribution in [0.2, 0.25) is 0 Å². The van der Waals surface area contributed by atoms with E-state index >= 15 is 0 Å². The average molecular weight is 278 g/mol. The number of hydrogen-bond donors (Lipinski definition) is 3. The van der Waals surface area contributed by atoms with Gasteiger partial charge in [0.1, 0.15) is 5.75 Å². The molecular weight excluding hydrogens is 260 g/mol. The van der Waals surface area contributed by atoms with Gasteiger partial charge in [-0.05, 0) is 24.5 Å². The number of amides is 2. The van der Waals surface area contributed by atoms with Gasteiger partial charge in [0.05, 0.1) is 0 Å². The number of anilines is 1. The van der Waals surface area contributed by atoms with Crippen molar-refractivity contribution in [2.24, 2.45) is 5.92 Å². The number of aliphatic carboxylic acids is 1. The quantitative estimate of drug-likeness (QED) is 0.743. The Morgan fingerprint density at radius 1 is 1.45 bits per heavy atom. The molecule has 0 radical (unpaired) electrons. The van der Waals surface area contributed by atoms with Gasteiger partial charge in [0.2, 0.25) is 0 Å². The molecule has 0 spiro atoms. The molecule has 1 saturated carbocycles. The largest absolute Gasteiger partial charge is 0.482 e. The highest BCUT2D eigenvalue weighted by molar-refractivity contribution is 5.89. The summed E-state index contributed by atoms with van der Waals surface area (Å²) in [5, 5.41) is 14.1. The number of carboxylic acid groups (broad SMARTS) is 1. The lowest BCUT2D eigenvalue weighted by molar-refractivity contribution is -0.139. The third-order valence-corrected chi connectivity index (χ3v) is 3.22. The summed E-state index contributed by atoms with van der Waals surface area (Å²) in [7, 11) is 0. The molecule has 108 valence electrons. The summed E-state index contributed by atoms with van der Waals surface area (Å²) >= 11 is 0. The van der Waals surface area contributed by atoms with Gasteiger partial charge in [-0.15, -0.1) is 0 Å². The maximum absolute atomic E-state index is 11.7. The maximum atomic E-state index is 11.7. The number of urea groups is 1. The van der Waals surface area contributed by atoms with Gasteiger partial charge in [0.15, 0.2) is 6.61 Å². The van der Waals surface area contributed by atoms with Crippen molar-refractivity contribution in [1.29, 1.82) is 0 Å². The van der Waals surface area contributed by atoms with Gasteiger partial charge in [0, 0.05) is 17.8 Å². The van der Waals surface area contributed by atoms with Crippen molar-refractivity contribution in [2.45, 2.75) is 25.8 Å². The second-order valence-corrected chi connectivity index (χ2v) is 4.82. The van der Waals surface area contributed by atoms with Crippen molar-refractivity contribution < 1.29 is 19.4 Å². The predicted octanol–water partition coefficient (Wildman–Crippen LogP) is 2.07. The van der Waals surface area contributed by atoms with Crippen LogP contribution in [0.1, 0.15) is 19.8 Å². The Morgan fingerprint density at radius 2 is 2.25 bits per heavy atom. The normalized spacial score (nSPS) is 20.1. The average Bonchev–Trinajstić information content (AvgIpc) is 3.15. The van der Waals surface area contributed by atoms with Crippen LogP contribution in [0.4, 0.5) is 10.5 Å². The zero-order chi connectivity index (χ0) is 14.5. The van der Waals surface area contributed by atoms with Crippen LogP contribution in [-0.2, 0) is 4.79 Å². The molecule has 2 amide bonds. The number of ether oxygens (including phenoxy) is 1. The molecule has 20 heavy (non-hydrogen) atoms. The Labute approximate surface area is 117 Å². The van der Waals surface area contributed by atoms with E-state index in [1.807, 2.05) is 0 Å². The van der Waals surface area contributed by atoms with E-state index in [1.165, 1.54) is 0 Å². The first-order chi connectivity index (χ1) is 9.58. The molecule has 0 heterocycles. The molecule has 1 aromatic carbocycles. The zero-order valence-corrected chi connectivity index (χ0v) is 11.3. The van der Waals surface area contributed by atoms with Gasteiger partial charge < -0.3 is 20.5 Å². The number of nitrogens with one attached hydrogen (secondary N) is 2. The lowest BCUT2D eigenvalue weighted by Crippen LogP contribution is -2.31. The molecule has 2 rings (SSSR count). The highest BCUT2D eigenvalue weighted by atomic mass is 16.5. The van der Waals surface area contributed by atoms with E-state index in [2.05, 4.69) is 17.6 Å². The minimum Gasteiger partial charge on any atom is -0.482 e. The summed E-state index contributed by atoms with van der Waals surface area (Å²) in [6, 6.07) is 6.66. The topological polar surface area (TPSA) is 87.7 Å². The molecule has 0 saturated heterocycles. The lowest BCUT2D eigenvalue weighted by Gasteiger charge is -2.09. The number of hydrogen-bond acceptors (Lipinski definition) is 3. The molecule has 6 nitrogen and oxygen atoms in total. The van der Waals surface area contributed by atoms with E-state index in [-0.39, 0.29) is 12.1 Å². The third-order valence-electron chi connectivity index (χ3n) is 3.22. The van der Waals surface area contributed by atoms with Crippen LogP contribution in [0, 0.1) is 5.92 Å². The van der Waals surface area contributed by atoms with Gasteiger partial charge in [-0.25, -0.2) is 9.59 Å². The van der Waals surface area contributed by atoms with Gasteiger partial charge in [-0.2, -0.15) is 0 Å². The van der Waals surface area contributed by atoms with E-state index in [1.54, 1.807) is 24.3 Å². The van der Waals surface area contributed by atoms with Crippen LogP contribution in [0.25, 0.3) is 0 Å². The van der Waals surface area contributed by atoms with Crippen LogP contribution < -0.4 is 15.4 Å². The van der Waals surface area contributed by atoms with Crippen molar-refractivity contribution >= 4 is 17.7 Å². The maximum Gasteiger partial charge on any atom is 0.341 e. The van der Waals surface area contributed by atoms with Gasteiger partial charge >= 0.3 is 12.0 Å². The number of benzene rings is 1. The fraction of sp³-hybridized carbons (Fsp3) is 0.429. The summed E-state index contributed by atoms with van der Waals surface area (Å²) in [6.45, 7) is 1.70. The Hall–Kier alpha value is -2.24. The molecule has 0 aromatic heterocycles. The highest BCUT2D eigenvalue weighted by Crippen LogP contribution is 2.33. The zero-order valence-electron chi connectivity index (χ0n) is 11.3. The molecular formula is C14H18N2O4. The number of rotatable bonds is 6. The van der Waals surface area contributed by atoms with Gasteiger partial charge in [-0.3, -0.25) is 0 Å². The predicted molar refractivity (Wildman–Crippen MR) is 73.9 cm³/mol. The molecule has 1 aromatic rings. The Kier molecular flexibility index (Phi) is 4.45. The van der Waals surface area contributed by atoms with Gasteiger partial charge in [0.25, 0.3) is 0 Å². The monoisotopic (exact) mass is 278 g/mol. The summed E-state index contributed by atoms with van der Waals surface area (Å²) in [5.41, 5.74) is 0.569. The fourth-order valence-corrected chi connectivity index (χ4v) is 2.02. The summed E-state index contributed by atoms with van der Waals surface area (Å²) in [4.78, 5) is 22.2. The molecule has 0 bridgehead atoms. The van der Waals surface area contributed by atoms with E-state index in [4.69, 9.17) is 9.84 Å². The number of carbonyl (C=O) groups is 2. The molecule has 1 aliphatic rings. The van der Waals surface area contributed by atoms with Crippen LogP contribution in [0.15, 0.2) is 24.3 Å². The minimum absolute atomic E-state index is 0.249. The Morgan fingerprint density at radius 3 is 2.90 bits per heavy atom. The lowest BCUT2D eigenvalue weighted by atomic mass is 10.3.